The first-order valence-electron chi connectivity index (χ1n) is 8.46. The van der Waals surface area contributed by atoms with Gasteiger partial charge in [-0.15, -0.1) is 0 Å². The van der Waals surface area contributed by atoms with Gasteiger partial charge < -0.3 is 14.3 Å². The van der Waals surface area contributed by atoms with Crippen LogP contribution in [0.2, 0.25) is 0 Å². The normalized spacial score (nSPS) is 11.5. The number of benzene rings is 1. The molecule has 28 heavy (non-hydrogen) atoms. The van der Waals surface area contributed by atoms with Crippen molar-refractivity contribution in [3.05, 3.63) is 66.4 Å². The van der Waals surface area contributed by atoms with Crippen LogP contribution in [0, 0.1) is 0 Å². The van der Waals surface area contributed by atoms with Crippen molar-refractivity contribution in [1.29, 1.82) is 0 Å². The first-order valence-corrected chi connectivity index (χ1v) is 10.9. The molecule has 0 aliphatic carbocycles. The molecule has 3 aromatic rings. The van der Waals surface area contributed by atoms with Crippen molar-refractivity contribution in [3.8, 4) is 0 Å². The Kier molecular flexibility index (Phi) is 6.55. The monoisotopic (exact) mass is 420 g/mol. The van der Waals surface area contributed by atoms with Crippen LogP contribution in [0.3, 0.4) is 0 Å². The molecule has 10 heteroatoms. The zero-order chi connectivity index (χ0) is 20.0. The first-order chi connectivity index (χ1) is 13.5. The summed E-state index contributed by atoms with van der Waals surface area (Å²) in [6.07, 6.45) is 5.04. The van der Waals surface area contributed by atoms with E-state index in [4.69, 9.17) is 4.42 Å². The van der Waals surface area contributed by atoms with Gasteiger partial charge in [0.2, 0.25) is 10.0 Å². The lowest BCUT2D eigenvalue weighted by Gasteiger charge is -2.08. The first kappa shape index (κ1) is 20.2. The van der Waals surface area contributed by atoms with Crippen molar-refractivity contribution >= 4 is 27.7 Å². The number of sulfonamides is 1. The Morgan fingerprint density at radius 3 is 2.86 bits per heavy atom. The number of hydrogen-bond acceptors (Lipinski definition) is 6. The number of imidazole rings is 1. The van der Waals surface area contributed by atoms with Crippen LogP contribution in [-0.2, 0) is 23.6 Å². The van der Waals surface area contributed by atoms with E-state index < -0.39 is 10.0 Å². The fourth-order valence-electron chi connectivity index (χ4n) is 2.37. The summed E-state index contributed by atoms with van der Waals surface area (Å²) in [5, 5.41) is 3.65. The summed E-state index contributed by atoms with van der Waals surface area (Å²) >= 11 is 1.53. The molecule has 0 aliphatic rings. The molecule has 1 aromatic carbocycles. The van der Waals surface area contributed by atoms with Crippen molar-refractivity contribution in [2.75, 3.05) is 12.3 Å². The van der Waals surface area contributed by atoms with Gasteiger partial charge in [-0.2, -0.15) is 0 Å². The predicted molar refractivity (Wildman–Crippen MR) is 105 cm³/mol. The molecule has 0 saturated heterocycles. The number of nitrogens with one attached hydrogen (secondary N) is 2. The van der Waals surface area contributed by atoms with Gasteiger partial charge in [0, 0.05) is 37.3 Å². The van der Waals surface area contributed by atoms with Crippen LogP contribution in [0.5, 0.6) is 0 Å². The number of nitrogens with zero attached hydrogens (tertiary/aromatic N) is 2. The van der Waals surface area contributed by atoms with Crippen molar-refractivity contribution in [3.63, 3.8) is 0 Å². The Hall–Kier alpha value is -2.56. The molecule has 0 aliphatic heterocycles. The smallest absolute Gasteiger partial charge is 0.251 e. The summed E-state index contributed by atoms with van der Waals surface area (Å²) in [7, 11) is -1.85. The second kappa shape index (κ2) is 9.09. The van der Waals surface area contributed by atoms with E-state index in [-0.39, 0.29) is 22.9 Å². The molecule has 0 atom stereocenters. The second-order valence-electron chi connectivity index (χ2n) is 5.86. The van der Waals surface area contributed by atoms with E-state index in [1.165, 1.54) is 30.2 Å². The van der Waals surface area contributed by atoms with Gasteiger partial charge in [0.1, 0.15) is 5.76 Å². The molecule has 0 bridgehead atoms. The summed E-state index contributed by atoms with van der Waals surface area (Å²) < 4.78 is 34.3. The molecule has 0 radical (unpaired) electrons. The summed E-state index contributed by atoms with van der Waals surface area (Å²) in [4.78, 5) is 16.5. The molecule has 0 fully saturated rings. The molecule has 2 aromatic heterocycles. The van der Waals surface area contributed by atoms with E-state index in [1.807, 2.05) is 17.8 Å². The SMILES string of the molecule is Cn1ccnc1SCCNC(=O)c1cccc(S(=O)(=O)NCc2ccco2)c1. The minimum Gasteiger partial charge on any atom is -0.468 e. The second-order valence-corrected chi connectivity index (χ2v) is 8.69. The Morgan fingerprint density at radius 1 is 1.29 bits per heavy atom. The minimum atomic E-state index is -3.76. The largest absolute Gasteiger partial charge is 0.468 e. The Morgan fingerprint density at radius 2 is 2.14 bits per heavy atom. The highest BCUT2D eigenvalue weighted by Crippen LogP contribution is 2.14. The van der Waals surface area contributed by atoms with Crippen molar-refractivity contribution < 1.29 is 17.6 Å². The van der Waals surface area contributed by atoms with Crippen LogP contribution >= 0.6 is 11.8 Å². The molecular weight excluding hydrogens is 400 g/mol. The van der Waals surface area contributed by atoms with Gasteiger partial charge in [0.15, 0.2) is 5.16 Å². The number of furan rings is 1. The molecule has 2 N–H and O–H groups in total. The van der Waals surface area contributed by atoms with Gasteiger partial charge in [-0.25, -0.2) is 18.1 Å². The van der Waals surface area contributed by atoms with E-state index in [0.29, 0.717) is 18.1 Å². The number of carbonyl (C=O) groups excluding carboxylic acids is 1. The third-order valence-electron chi connectivity index (χ3n) is 3.82. The molecule has 0 unspecified atom stereocenters. The number of thioether (sulfide) groups is 1. The molecule has 0 spiro atoms. The number of aromatic nitrogens is 2. The highest BCUT2D eigenvalue weighted by Gasteiger charge is 2.16. The van der Waals surface area contributed by atoms with Gasteiger partial charge in [0.25, 0.3) is 5.91 Å². The van der Waals surface area contributed by atoms with Crippen LogP contribution in [0.1, 0.15) is 16.1 Å². The van der Waals surface area contributed by atoms with Crippen LogP contribution in [0.4, 0.5) is 0 Å². The molecule has 148 valence electrons. The third kappa shape index (κ3) is 5.24. The highest BCUT2D eigenvalue weighted by atomic mass is 32.2. The molecule has 2 heterocycles. The standard InChI is InChI=1S/C18H20N4O4S2/c1-22-9-7-20-18(22)27-11-8-19-17(23)14-4-2-6-16(12-14)28(24,25)21-13-15-5-3-10-26-15/h2-7,9-10,12,21H,8,11,13H2,1H3,(H,19,23). The van der Waals surface area contributed by atoms with E-state index in [0.717, 1.165) is 5.16 Å². The average molecular weight is 421 g/mol. The third-order valence-corrected chi connectivity index (χ3v) is 6.28. The topological polar surface area (TPSA) is 106 Å². The van der Waals surface area contributed by atoms with Crippen molar-refractivity contribution in [1.82, 2.24) is 19.6 Å². The van der Waals surface area contributed by atoms with E-state index in [2.05, 4.69) is 15.0 Å². The summed E-state index contributed by atoms with van der Waals surface area (Å²) in [5.74, 6) is 0.824. The summed E-state index contributed by atoms with van der Waals surface area (Å²) in [6, 6.07) is 9.27. The van der Waals surface area contributed by atoms with E-state index in [9.17, 15) is 13.2 Å². The number of carbonyl (C=O) groups is 1. The van der Waals surface area contributed by atoms with Gasteiger partial charge >= 0.3 is 0 Å². The van der Waals surface area contributed by atoms with Crippen molar-refractivity contribution in [2.45, 2.75) is 16.6 Å². The van der Waals surface area contributed by atoms with Crippen LogP contribution in [0.25, 0.3) is 0 Å². The molecule has 8 nitrogen and oxygen atoms in total. The predicted octanol–water partition coefficient (Wildman–Crippen LogP) is 2.01. The number of hydrogen-bond donors (Lipinski definition) is 2. The van der Waals surface area contributed by atoms with Gasteiger partial charge in [-0.3, -0.25) is 4.79 Å². The average Bonchev–Trinajstić information content (AvgIpc) is 3.35. The highest BCUT2D eigenvalue weighted by molar-refractivity contribution is 7.99. The Bertz CT molecular complexity index is 1030. The summed E-state index contributed by atoms with van der Waals surface area (Å²) in [6.45, 7) is 0.472. The maximum Gasteiger partial charge on any atom is 0.251 e. The lowest BCUT2D eigenvalue weighted by Crippen LogP contribution is -2.27. The lowest BCUT2D eigenvalue weighted by molar-refractivity contribution is 0.0956. The summed E-state index contributed by atoms with van der Waals surface area (Å²) in [5.41, 5.74) is 0.280. The van der Waals surface area contributed by atoms with Crippen LogP contribution in [0.15, 0.2) is 69.5 Å². The lowest BCUT2D eigenvalue weighted by atomic mass is 10.2. The zero-order valence-electron chi connectivity index (χ0n) is 15.2. The number of rotatable bonds is 9. The molecule has 1 amide bonds. The number of amides is 1. The maximum atomic E-state index is 12.4. The van der Waals surface area contributed by atoms with E-state index >= 15 is 0 Å². The number of aryl methyl sites for hydroxylation is 1. The molecular formula is C18H20N4O4S2. The van der Waals surface area contributed by atoms with Gasteiger partial charge in [-0.05, 0) is 30.3 Å². The fourth-order valence-corrected chi connectivity index (χ4v) is 4.19. The van der Waals surface area contributed by atoms with Crippen molar-refractivity contribution in [2.24, 2.45) is 7.05 Å². The quantitative estimate of drug-likeness (QED) is 0.405. The van der Waals surface area contributed by atoms with E-state index in [1.54, 1.807) is 30.5 Å². The fraction of sp³-hybridized carbons (Fsp3) is 0.222. The minimum absolute atomic E-state index is 0.0223. The van der Waals surface area contributed by atoms with Crippen LogP contribution < -0.4 is 10.0 Å². The Labute approximate surface area is 167 Å². The Balaban J connectivity index is 1.55. The van der Waals surface area contributed by atoms with Crippen LogP contribution in [-0.4, -0.2) is 36.2 Å². The maximum absolute atomic E-state index is 12.4. The zero-order valence-corrected chi connectivity index (χ0v) is 16.8. The van der Waals surface area contributed by atoms with Gasteiger partial charge in [0.05, 0.1) is 17.7 Å². The molecule has 3 rings (SSSR count). The van der Waals surface area contributed by atoms with Gasteiger partial charge in [-0.1, -0.05) is 17.8 Å². The molecule has 0 saturated carbocycles.